The molecule has 5 heteroatoms. The van der Waals surface area contributed by atoms with Crippen molar-refractivity contribution in [2.75, 3.05) is 5.32 Å². The summed E-state index contributed by atoms with van der Waals surface area (Å²) >= 11 is 2.25. The average Bonchev–Trinajstić information content (AvgIpc) is 3.18. The standard InChI is InChI=1S/C17H20IN3O/c1-17(2,3)21-15(10-14(20-21)11-4-5-11)16(22)19-13-8-6-12(18)7-9-13/h6-11H,4-5H2,1-3H3,(H,19,22). The summed E-state index contributed by atoms with van der Waals surface area (Å²) < 4.78 is 2.99. The van der Waals surface area contributed by atoms with Crippen LogP contribution >= 0.6 is 22.6 Å². The molecule has 22 heavy (non-hydrogen) atoms. The first-order chi connectivity index (χ1) is 10.3. The number of aromatic nitrogens is 2. The molecule has 1 saturated carbocycles. The first kappa shape index (κ1) is 15.5. The van der Waals surface area contributed by atoms with E-state index in [9.17, 15) is 4.79 Å². The zero-order valence-electron chi connectivity index (χ0n) is 13.1. The molecule has 0 atom stereocenters. The number of halogens is 1. The van der Waals surface area contributed by atoms with Crippen molar-refractivity contribution in [2.24, 2.45) is 0 Å². The Bertz CT molecular complexity index is 694. The van der Waals surface area contributed by atoms with E-state index in [2.05, 4.69) is 53.8 Å². The molecule has 4 nitrogen and oxygen atoms in total. The quantitative estimate of drug-likeness (QED) is 0.766. The zero-order chi connectivity index (χ0) is 15.9. The lowest BCUT2D eigenvalue weighted by molar-refractivity contribution is 0.100. The Hall–Kier alpha value is -1.37. The summed E-state index contributed by atoms with van der Waals surface area (Å²) in [6.45, 7) is 6.20. The van der Waals surface area contributed by atoms with Gasteiger partial charge in [-0.05, 0) is 86.5 Å². The Morgan fingerprint density at radius 1 is 1.27 bits per heavy atom. The lowest BCUT2D eigenvalue weighted by Crippen LogP contribution is -2.29. The van der Waals surface area contributed by atoms with Crippen LogP contribution in [0.3, 0.4) is 0 Å². The summed E-state index contributed by atoms with van der Waals surface area (Å²) in [5.41, 5.74) is 2.27. The first-order valence-corrected chi connectivity index (χ1v) is 8.60. The molecule has 0 radical (unpaired) electrons. The van der Waals surface area contributed by atoms with Crippen LogP contribution in [0.4, 0.5) is 5.69 Å². The number of amides is 1. The van der Waals surface area contributed by atoms with Crippen molar-refractivity contribution in [2.45, 2.75) is 45.1 Å². The van der Waals surface area contributed by atoms with Crippen LogP contribution < -0.4 is 5.32 Å². The highest BCUT2D eigenvalue weighted by molar-refractivity contribution is 14.1. The Balaban J connectivity index is 1.89. The van der Waals surface area contributed by atoms with E-state index < -0.39 is 0 Å². The SMILES string of the molecule is CC(C)(C)n1nc(C2CC2)cc1C(=O)Nc1ccc(I)cc1. The van der Waals surface area contributed by atoms with Crippen molar-refractivity contribution in [3.05, 3.63) is 45.3 Å². The molecule has 0 saturated heterocycles. The van der Waals surface area contributed by atoms with Crippen LogP contribution in [0.1, 0.15) is 55.7 Å². The highest BCUT2D eigenvalue weighted by Gasteiger charge is 2.31. The Kier molecular flexibility index (Phi) is 4.01. The number of carbonyl (C=O) groups excluding carboxylic acids is 1. The van der Waals surface area contributed by atoms with Crippen LogP contribution in [-0.2, 0) is 5.54 Å². The fourth-order valence-electron chi connectivity index (χ4n) is 2.38. The predicted octanol–water partition coefficient (Wildman–Crippen LogP) is 4.37. The molecule has 0 bridgehead atoms. The van der Waals surface area contributed by atoms with E-state index in [-0.39, 0.29) is 11.4 Å². The summed E-state index contributed by atoms with van der Waals surface area (Å²) in [6, 6.07) is 9.74. The van der Waals surface area contributed by atoms with Crippen LogP contribution in [0.15, 0.2) is 30.3 Å². The fraction of sp³-hybridized carbons (Fsp3) is 0.412. The van der Waals surface area contributed by atoms with Gasteiger partial charge in [0.2, 0.25) is 0 Å². The van der Waals surface area contributed by atoms with Crippen LogP contribution in [-0.4, -0.2) is 15.7 Å². The minimum atomic E-state index is -0.216. The van der Waals surface area contributed by atoms with Gasteiger partial charge >= 0.3 is 0 Å². The van der Waals surface area contributed by atoms with Crippen LogP contribution in [0, 0.1) is 3.57 Å². The van der Waals surface area contributed by atoms with Gasteiger partial charge in [-0.25, -0.2) is 0 Å². The van der Waals surface area contributed by atoms with Crippen molar-refractivity contribution < 1.29 is 4.79 Å². The highest BCUT2D eigenvalue weighted by Crippen LogP contribution is 2.40. The maximum Gasteiger partial charge on any atom is 0.273 e. The largest absolute Gasteiger partial charge is 0.321 e. The molecule has 0 spiro atoms. The third-order valence-corrected chi connectivity index (χ3v) is 4.41. The van der Waals surface area contributed by atoms with E-state index >= 15 is 0 Å². The monoisotopic (exact) mass is 409 g/mol. The number of nitrogens with one attached hydrogen (secondary N) is 1. The molecule has 1 amide bonds. The Morgan fingerprint density at radius 3 is 2.45 bits per heavy atom. The second kappa shape index (κ2) is 5.68. The second-order valence-corrected chi connectivity index (χ2v) is 8.02. The van der Waals surface area contributed by atoms with Gasteiger partial charge in [-0.1, -0.05) is 0 Å². The molecule has 1 aromatic heterocycles. The van der Waals surface area contributed by atoms with Crippen LogP contribution in [0.25, 0.3) is 0 Å². The first-order valence-electron chi connectivity index (χ1n) is 7.52. The molecule has 1 heterocycles. The number of nitrogens with zero attached hydrogens (tertiary/aromatic N) is 2. The third-order valence-electron chi connectivity index (χ3n) is 3.69. The van der Waals surface area contributed by atoms with E-state index in [0.29, 0.717) is 11.6 Å². The van der Waals surface area contributed by atoms with Gasteiger partial charge in [0.1, 0.15) is 5.69 Å². The van der Waals surface area contributed by atoms with Crippen molar-refractivity contribution >= 4 is 34.2 Å². The van der Waals surface area contributed by atoms with E-state index in [1.807, 2.05) is 35.0 Å². The molecule has 0 unspecified atom stereocenters. The number of carbonyl (C=O) groups is 1. The number of hydrogen-bond donors (Lipinski definition) is 1. The smallest absolute Gasteiger partial charge is 0.273 e. The summed E-state index contributed by atoms with van der Waals surface area (Å²) in [4.78, 5) is 12.6. The number of anilines is 1. The van der Waals surface area contributed by atoms with E-state index in [1.54, 1.807) is 0 Å². The van der Waals surface area contributed by atoms with Gasteiger partial charge in [0.15, 0.2) is 0 Å². The molecule has 1 N–H and O–H groups in total. The van der Waals surface area contributed by atoms with Crippen molar-refractivity contribution in [3.8, 4) is 0 Å². The minimum absolute atomic E-state index is 0.101. The molecule has 1 aromatic carbocycles. The maximum atomic E-state index is 12.6. The summed E-state index contributed by atoms with van der Waals surface area (Å²) in [6.07, 6.45) is 2.36. The number of benzene rings is 1. The molecular weight excluding hydrogens is 389 g/mol. The highest BCUT2D eigenvalue weighted by atomic mass is 127. The van der Waals surface area contributed by atoms with Gasteiger partial charge in [-0.2, -0.15) is 5.10 Å². The van der Waals surface area contributed by atoms with E-state index in [4.69, 9.17) is 0 Å². The molecule has 2 aromatic rings. The zero-order valence-corrected chi connectivity index (χ0v) is 15.2. The summed E-state index contributed by atoms with van der Waals surface area (Å²) in [5, 5.41) is 7.64. The average molecular weight is 409 g/mol. The topological polar surface area (TPSA) is 46.9 Å². The second-order valence-electron chi connectivity index (χ2n) is 6.77. The number of hydrogen-bond acceptors (Lipinski definition) is 2. The molecule has 116 valence electrons. The minimum Gasteiger partial charge on any atom is -0.321 e. The number of rotatable bonds is 3. The van der Waals surface area contributed by atoms with Gasteiger partial charge in [0.05, 0.1) is 11.2 Å². The third kappa shape index (κ3) is 3.34. The van der Waals surface area contributed by atoms with Crippen molar-refractivity contribution in [1.82, 2.24) is 9.78 Å². The van der Waals surface area contributed by atoms with E-state index in [1.165, 1.54) is 12.8 Å². The van der Waals surface area contributed by atoms with Gasteiger partial charge in [-0.15, -0.1) is 0 Å². The van der Waals surface area contributed by atoms with Crippen LogP contribution in [0.5, 0.6) is 0 Å². The summed E-state index contributed by atoms with van der Waals surface area (Å²) in [5.74, 6) is 0.434. The van der Waals surface area contributed by atoms with E-state index in [0.717, 1.165) is 15.0 Å². The molecular formula is C17H20IN3O. The van der Waals surface area contributed by atoms with Crippen molar-refractivity contribution in [1.29, 1.82) is 0 Å². The van der Waals surface area contributed by atoms with Gasteiger partial charge < -0.3 is 5.32 Å². The predicted molar refractivity (Wildman–Crippen MR) is 96.3 cm³/mol. The molecule has 1 aliphatic rings. The van der Waals surface area contributed by atoms with Gasteiger partial charge in [0, 0.05) is 15.2 Å². The lowest BCUT2D eigenvalue weighted by Gasteiger charge is -2.22. The molecule has 1 aliphatic carbocycles. The lowest BCUT2D eigenvalue weighted by atomic mass is 10.1. The van der Waals surface area contributed by atoms with Gasteiger partial charge in [0.25, 0.3) is 5.91 Å². The molecule has 1 fully saturated rings. The molecule has 3 rings (SSSR count). The summed E-state index contributed by atoms with van der Waals surface area (Å²) in [7, 11) is 0. The molecule has 0 aliphatic heterocycles. The Morgan fingerprint density at radius 2 is 1.91 bits per heavy atom. The Labute approximate surface area is 144 Å². The fourth-order valence-corrected chi connectivity index (χ4v) is 2.74. The maximum absolute atomic E-state index is 12.6. The normalized spacial score (nSPS) is 14.9. The van der Waals surface area contributed by atoms with Crippen LogP contribution in [0.2, 0.25) is 0 Å². The van der Waals surface area contributed by atoms with Crippen molar-refractivity contribution in [3.63, 3.8) is 0 Å². The van der Waals surface area contributed by atoms with Gasteiger partial charge in [-0.3, -0.25) is 9.48 Å².